The predicted octanol–water partition coefficient (Wildman–Crippen LogP) is 3.57. The Morgan fingerprint density at radius 2 is 2.20 bits per heavy atom. The maximum absolute atomic E-state index is 10.6. The Morgan fingerprint density at radius 3 is 2.80 bits per heavy atom. The molecule has 1 fully saturated rings. The average molecular weight is 296 g/mol. The molecular formula is C15H24N2O2S. The fraction of sp³-hybridized carbons (Fsp3) is 0.733. The molecule has 1 N–H and O–H groups in total. The highest BCUT2D eigenvalue weighted by Gasteiger charge is 2.25. The fourth-order valence-corrected chi connectivity index (χ4v) is 3.71. The lowest BCUT2D eigenvalue weighted by atomic mass is 10.1. The van der Waals surface area contributed by atoms with E-state index >= 15 is 0 Å². The lowest BCUT2D eigenvalue weighted by Gasteiger charge is -2.30. The molecule has 1 saturated carbocycles. The van der Waals surface area contributed by atoms with Crippen LogP contribution in [0.15, 0.2) is 5.38 Å². The van der Waals surface area contributed by atoms with E-state index in [-0.39, 0.29) is 6.42 Å². The van der Waals surface area contributed by atoms with Crippen molar-refractivity contribution >= 4 is 22.4 Å². The van der Waals surface area contributed by atoms with E-state index in [0.29, 0.717) is 18.4 Å². The van der Waals surface area contributed by atoms with Gasteiger partial charge >= 0.3 is 5.97 Å². The lowest BCUT2D eigenvalue weighted by Crippen LogP contribution is -2.36. The highest BCUT2D eigenvalue weighted by Crippen LogP contribution is 2.31. The fourth-order valence-electron chi connectivity index (χ4n) is 2.77. The van der Waals surface area contributed by atoms with Crippen molar-refractivity contribution in [1.29, 1.82) is 0 Å². The summed E-state index contributed by atoms with van der Waals surface area (Å²) in [6.07, 6.45) is 5.85. The molecule has 0 atom stereocenters. The van der Waals surface area contributed by atoms with Gasteiger partial charge in [0.05, 0.1) is 12.1 Å². The van der Waals surface area contributed by atoms with E-state index in [1.54, 1.807) is 11.3 Å². The van der Waals surface area contributed by atoms with Gasteiger partial charge in [-0.25, -0.2) is 4.98 Å². The Morgan fingerprint density at radius 1 is 1.50 bits per heavy atom. The Balaban J connectivity index is 2.05. The lowest BCUT2D eigenvalue weighted by molar-refractivity contribution is -0.136. The maximum Gasteiger partial charge on any atom is 0.303 e. The van der Waals surface area contributed by atoms with E-state index in [4.69, 9.17) is 5.11 Å². The van der Waals surface area contributed by atoms with E-state index < -0.39 is 5.97 Å². The Labute approximate surface area is 124 Å². The van der Waals surface area contributed by atoms with E-state index in [2.05, 4.69) is 23.7 Å². The van der Waals surface area contributed by atoms with E-state index in [1.807, 2.05) is 5.38 Å². The van der Waals surface area contributed by atoms with Gasteiger partial charge in [0.25, 0.3) is 0 Å². The summed E-state index contributed by atoms with van der Waals surface area (Å²) in [6.45, 7) is 5.51. The molecule has 112 valence electrons. The quantitative estimate of drug-likeness (QED) is 0.836. The molecule has 4 nitrogen and oxygen atoms in total. The molecule has 0 amide bonds. The highest BCUT2D eigenvalue weighted by molar-refractivity contribution is 7.13. The predicted molar refractivity (Wildman–Crippen MR) is 82.5 cm³/mol. The Kier molecular flexibility index (Phi) is 5.40. The number of thiazole rings is 1. The molecule has 0 bridgehead atoms. The maximum atomic E-state index is 10.6. The third kappa shape index (κ3) is 4.20. The van der Waals surface area contributed by atoms with Crippen LogP contribution in [0.4, 0.5) is 5.13 Å². The van der Waals surface area contributed by atoms with Gasteiger partial charge in [-0.3, -0.25) is 4.79 Å². The van der Waals surface area contributed by atoms with Crippen LogP contribution in [0, 0.1) is 5.92 Å². The van der Waals surface area contributed by atoms with Gasteiger partial charge in [-0.15, -0.1) is 11.3 Å². The van der Waals surface area contributed by atoms with Crippen LogP contribution in [-0.4, -0.2) is 28.6 Å². The Hall–Kier alpha value is -1.10. The smallest absolute Gasteiger partial charge is 0.303 e. The summed E-state index contributed by atoms with van der Waals surface area (Å²) < 4.78 is 0. The molecule has 0 aliphatic heterocycles. The van der Waals surface area contributed by atoms with Gasteiger partial charge in [0.15, 0.2) is 5.13 Å². The average Bonchev–Trinajstić information content (AvgIpc) is 3.05. The molecule has 1 aliphatic rings. The molecule has 0 unspecified atom stereocenters. The van der Waals surface area contributed by atoms with Crippen LogP contribution in [0.5, 0.6) is 0 Å². The van der Waals surface area contributed by atoms with Crippen LogP contribution in [0.3, 0.4) is 0 Å². The molecule has 1 aliphatic carbocycles. The van der Waals surface area contributed by atoms with Crippen LogP contribution in [0.2, 0.25) is 0 Å². The first-order valence-electron chi connectivity index (χ1n) is 7.49. The van der Waals surface area contributed by atoms with Gasteiger partial charge < -0.3 is 10.0 Å². The van der Waals surface area contributed by atoms with E-state index in [0.717, 1.165) is 17.4 Å². The summed E-state index contributed by atoms with van der Waals surface area (Å²) >= 11 is 1.66. The zero-order chi connectivity index (χ0) is 14.5. The molecule has 0 aromatic carbocycles. The number of anilines is 1. The van der Waals surface area contributed by atoms with Crippen molar-refractivity contribution in [3.63, 3.8) is 0 Å². The molecular weight excluding hydrogens is 272 g/mol. The molecule has 1 aromatic heterocycles. The van der Waals surface area contributed by atoms with Gasteiger partial charge in [-0.2, -0.15) is 0 Å². The number of aromatic nitrogens is 1. The summed E-state index contributed by atoms with van der Waals surface area (Å²) in [6, 6.07) is 0.621. The van der Waals surface area contributed by atoms with Crippen molar-refractivity contribution in [2.45, 2.75) is 58.4 Å². The molecule has 0 saturated heterocycles. The summed E-state index contributed by atoms with van der Waals surface area (Å²) in [4.78, 5) is 17.7. The first kappa shape index (κ1) is 15.3. The van der Waals surface area contributed by atoms with Gasteiger partial charge in [0.1, 0.15) is 0 Å². The molecule has 20 heavy (non-hydrogen) atoms. The number of carboxylic acids is 1. The van der Waals surface area contributed by atoms with Crippen LogP contribution in [0.25, 0.3) is 0 Å². The largest absolute Gasteiger partial charge is 0.481 e. The summed E-state index contributed by atoms with van der Waals surface area (Å²) in [5, 5.41) is 11.8. The minimum Gasteiger partial charge on any atom is -0.481 e. The number of hydrogen-bond acceptors (Lipinski definition) is 4. The van der Waals surface area contributed by atoms with Crippen molar-refractivity contribution in [2.75, 3.05) is 11.4 Å². The topological polar surface area (TPSA) is 53.4 Å². The van der Waals surface area contributed by atoms with Gasteiger partial charge in [-0.05, 0) is 18.8 Å². The Bertz CT molecular complexity index is 439. The minimum absolute atomic E-state index is 0.163. The molecule has 1 heterocycles. The van der Waals surface area contributed by atoms with Gasteiger partial charge in [-0.1, -0.05) is 26.7 Å². The van der Waals surface area contributed by atoms with Crippen molar-refractivity contribution in [2.24, 2.45) is 5.92 Å². The van der Waals surface area contributed by atoms with E-state index in [1.165, 1.54) is 25.7 Å². The summed E-state index contributed by atoms with van der Waals surface area (Å²) in [7, 11) is 0. The zero-order valence-corrected chi connectivity index (χ0v) is 13.2. The van der Waals surface area contributed by atoms with E-state index in [9.17, 15) is 4.79 Å². The molecule has 5 heteroatoms. The van der Waals surface area contributed by atoms with Crippen LogP contribution < -0.4 is 4.90 Å². The second-order valence-corrected chi connectivity index (χ2v) is 6.84. The first-order chi connectivity index (χ1) is 9.56. The second-order valence-electron chi connectivity index (χ2n) is 6.00. The van der Waals surface area contributed by atoms with Gasteiger partial charge in [0.2, 0.25) is 0 Å². The molecule has 1 aromatic rings. The van der Waals surface area contributed by atoms with Gasteiger partial charge in [0, 0.05) is 24.4 Å². The summed E-state index contributed by atoms with van der Waals surface area (Å²) in [5.74, 6) is -0.142. The second kappa shape index (κ2) is 7.07. The number of carboxylic acid groups (broad SMARTS) is 1. The number of aliphatic carboxylic acids is 1. The standard InChI is InChI=1S/C15H24N2O2S/c1-11(2)9-17(13-5-3-4-6-13)15-16-12(10-20-15)7-8-14(18)19/h10-11,13H,3-9H2,1-2H3,(H,18,19). The highest BCUT2D eigenvalue weighted by atomic mass is 32.1. The molecule has 2 rings (SSSR count). The van der Waals surface area contributed by atoms with Crippen molar-refractivity contribution in [3.05, 3.63) is 11.1 Å². The third-order valence-corrected chi connectivity index (χ3v) is 4.63. The number of aryl methyl sites for hydroxylation is 1. The number of nitrogens with zero attached hydrogens (tertiary/aromatic N) is 2. The normalized spacial score (nSPS) is 15.9. The number of carbonyl (C=O) groups is 1. The third-order valence-electron chi connectivity index (χ3n) is 3.71. The van der Waals surface area contributed by atoms with Crippen LogP contribution in [0.1, 0.15) is 51.6 Å². The van der Waals surface area contributed by atoms with Crippen LogP contribution >= 0.6 is 11.3 Å². The minimum atomic E-state index is -0.755. The number of rotatable bonds is 7. The first-order valence-corrected chi connectivity index (χ1v) is 8.37. The SMILES string of the molecule is CC(C)CN(c1nc(CCC(=O)O)cs1)C1CCCC1. The molecule has 0 spiro atoms. The molecule has 0 radical (unpaired) electrons. The zero-order valence-electron chi connectivity index (χ0n) is 12.3. The van der Waals surface area contributed by atoms with Crippen molar-refractivity contribution in [3.8, 4) is 0 Å². The van der Waals surface area contributed by atoms with Crippen molar-refractivity contribution in [1.82, 2.24) is 4.98 Å². The summed E-state index contributed by atoms with van der Waals surface area (Å²) in [5.41, 5.74) is 0.916. The van der Waals surface area contributed by atoms with Crippen LogP contribution in [-0.2, 0) is 11.2 Å². The monoisotopic (exact) mass is 296 g/mol. The van der Waals surface area contributed by atoms with Crippen molar-refractivity contribution < 1.29 is 9.90 Å². The number of hydrogen-bond donors (Lipinski definition) is 1.